The molecule has 1 aromatic heterocycles. The topological polar surface area (TPSA) is 30.0 Å². The van der Waals surface area contributed by atoms with Gasteiger partial charge in [-0.2, -0.15) is 0 Å². The second-order valence-corrected chi connectivity index (χ2v) is 11.4. The number of hydrogen-bond donors (Lipinski definition) is 0. The Kier molecular flexibility index (Phi) is 11.3. The summed E-state index contributed by atoms with van der Waals surface area (Å²) in [4.78, 5) is 15.4. The van der Waals surface area contributed by atoms with Crippen molar-refractivity contribution in [3.05, 3.63) is 41.7 Å². The molecule has 0 spiro atoms. The summed E-state index contributed by atoms with van der Waals surface area (Å²) in [6.07, 6.45) is 20.1. The monoisotopic (exact) mass is 453 g/mol. The quantitative estimate of drug-likeness (QED) is 0.318. The van der Waals surface area contributed by atoms with Crippen molar-refractivity contribution in [2.75, 3.05) is 0 Å². The van der Waals surface area contributed by atoms with Gasteiger partial charge in [-0.05, 0) is 111 Å². The first-order valence-electron chi connectivity index (χ1n) is 13.9. The van der Waals surface area contributed by atoms with Crippen molar-refractivity contribution in [3.63, 3.8) is 0 Å². The molecule has 186 valence electrons. The second-order valence-electron chi connectivity index (χ2n) is 11.4. The molecule has 5 atom stereocenters. The number of rotatable bonds is 6. The van der Waals surface area contributed by atoms with Crippen molar-refractivity contribution in [3.8, 4) is 0 Å². The van der Waals surface area contributed by atoms with Crippen molar-refractivity contribution in [2.45, 2.75) is 119 Å². The number of carbonyl (C=O) groups excluding carboxylic acids is 1. The minimum absolute atomic E-state index is 0.209. The molecule has 2 saturated carbocycles. The molecule has 3 rings (SSSR count). The van der Waals surface area contributed by atoms with E-state index < -0.39 is 0 Å². The van der Waals surface area contributed by atoms with Crippen LogP contribution in [0.5, 0.6) is 0 Å². The lowest BCUT2D eigenvalue weighted by Gasteiger charge is -2.43. The Bertz CT molecular complexity index is 726. The average molecular weight is 454 g/mol. The summed E-state index contributed by atoms with van der Waals surface area (Å²) in [5.74, 6) is 2.44. The molecule has 2 fully saturated rings. The highest BCUT2D eigenvalue weighted by Gasteiger charge is 2.45. The van der Waals surface area contributed by atoms with E-state index in [1.165, 1.54) is 75.5 Å². The summed E-state index contributed by atoms with van der Waals surface area (Å²) >= 11 is 0. The van der Waals surface area contributed by atoms with Crippen molar-refractivity contribution < 1.29 is 4.79 Å². The fraction of sp³-hybridized carbons (Fsp3) is 0.742. The third-order valence-corrected chi connectivity index (χ3v) is 9.49. The van der Waals surface area contributed by atoms with Crippen molar-refractivity contribution >= 4 is 6.29 Å². The molecular weight excluding hydrogens is 402 g/mol. The summed E-state index contributed by atoms with van der Waals surface area (Å²) in [5, 5.41) is 0. The van der Waals surface area contributed by atoms with Gasteiger partial charge < -0.3 is 0 Å². The second kappa shape index (κ2) is 13.4. The molecule has 0 aliphatic heterocycles. The van der Waals surface area contributed by atoms with Gasteiger partial charge in [0, 0.05) is 11.9 Å². The van der Waals surface area contributed by atoms with Crippen LogP contribution in [0, 0.1) is 28.6 Å². The van der Waals surface area contributed by atoms with Gasteiger partial charge in [-0.25, -0.2) is 0 Å². The van der Waals surface area contributed by atoms with E-state index in [-0.39, 0.29) is 5.41 Å². The van der Waals surface area contributed by atoms with E-state index in [1.807, 2.05) is 24.4 Å². The number of aldehydes is 1. The lowest BCUT2D eigenvalue weighted by atomic mass is 9.61. The van der Waals surface area contributed by atoms with Crippen LogP contribution in [0.25, 0.3) is 0 Å². The molecule has 0 saturated heterocycles. The Morgan fingerprint density at radius 3 is 2.45 bits per heavy atom. The number of hydrogen-bond acceptors (Lipinski definition) is 2. The molecule has 1 aromatic rings. The average Bonchev–Trinajstić information content (AvgIpc) is 3.10. The predicted molar refractivity (Wildman–Crippen MR) is 142 cm³/mol. The lowest BCUT2D eigenvalue weighted by Crippen LogP contribution is -2.34. The molecule has 5 unspecified atom stereocenters. The third-order valence-electron chi connectivity index (χ3n) is 9.49. The molecule has 0 radical (unpaired) electrons. The van der Waals surface area contributed by atoms with Gasteiger partial charge in [-0.1, -0.05) is 66.0 Å². The summed E-state index contributed by atoms with van der Waals surface area (Å²) < 4.78 is 0. The Labute approximate surface area is 205 Å². The van der Waals surface area contributed by atoms with Crippen LogP contribution in [0.4, 0.5) is 0 Å². The first-order valence-corrected chi connectivity index (χ1v) is 13.9. The first-order chi connectivity index (χ1) is 15.8. The van der Waals surface area contributed by atoms with Crippen LogP contribution >= 0.6 is 0 Å². The maximum absolute atomic E-state index is 11.2. The summed E-state index contributed by atoms with van der Waals surface area (Å²) in [5.41, 5.74) is 3.40. The Morgan fingerprint density at radius 2 is 1.82 bits per heavy atom. The molecule has 0 N–H and O–H groups in total. The van der Waals surface area contributed by atoms with Crippen LogP contribution in [0.15, 0.2) is 36.0 Å². The number of nitrogens with zero attached hydrogens (tertiary/aromatic N) is 1. The maximum atomic E-state index is 11.2. The highest BCUT2D eigenvalue weighted by Crippen LogP contribution is 2.55. The highest BCUT2D eigenvalue weighted by atomic mass is 16.1. The Balaban J connectivity index is 0.000000321. The number of pyridine rings is 1. The molecule has 1 heterocycles. The van der Waals surface area contributed by atoms with Gasteiger partial charge in [-0.15, -0.1) is 0 Å². The lowest BCUT2D eigenvalue weighted by molar-refractivity contribution is -0.104. The minimum atomic E-state index is 0.209. The van der Waals surface area contributed by atoms with Crippen molar-refractivity contribution in [1.29, 1.82) is 0 Å². The normalized spacial score (nSPS) is 33.6. The molecule has 2 aliphatic rings. The van der Waals surface area contributed by atoms with E-state index in [9.17, 15) is 4.79 Å². The van der Waals surface area contributed by atoms with Crippen LogP contribution in [-0.2, 0) is 11.2 Å². The van der Waals surface area contributed by atoms with E-state index >= 15 is 0 Å². The Hall–Kier alpha value is -1.44. The standard InChI is InChI=1S/C22H38O.C9H13N/c1-6-14-21(4)18(3)12-15-22(5)17(2)10-11-19(22)8-7-9-20(21)13-16-23;1-2-3-6-9-7-4-5-8-10-9/h13,16-19H,6-12,14-15H2,1-5H3;4-5,7-8H,2-3,6H2,1H3/b20-13-;. The SMILES string of the molecule is CCCC1(C)/C(=C\C=O)CCCC2CCC(C)C2(C)CCC1C.CCCCc1ccccn1. The first kappa shape index (κ1) is 27.8. The zero-order valence-corrected chi connectivity index (χ0v) is 22.5. The molecule has 0 aromatic carbocycles. The van der Waals surface area contributed by atoms with Gasteiger partial charge >= 0.3 is 0 Å². The zero-order valence-electron chi connectivity index (χ0n) is 22.5. The largest absolute Gasteiger partial charge is 0.299 e. The molecule has 0 amide bonds. The van der Waals surface area contributed by atoms with Gasteiger partial charge in [0.25, 0.3) is 0 Å². The highest BCUT2D eigenvalue weighted by molar-refractivity contribution is 5.66. The maximum Gasteiger partial charge on any atom is 0.142 e. The van der Waals surface area contributed by atoms with Crippen LogP contribution in [0.2, 0.25) is 0 Å². The van der Waals surface area contributed by atoms with Gasteiger partial charge in [0.1, 0.15) is 6.29 Å². The summed E-state index contributed by atoms with van der Waals surface area (Å²) in [7, 11) is 0. The van der Waals surface area contributed by atoms with Crippen molar-refractivity contribution in [2.24, 2.45) is 28.6 Å². The van der Waals surface area contributed by atoms with E-state index in [2.05, 4.69) is 52.6 Å². The number of aromatic nitrogens is 1. The van der Waals surface area contributed by atoms with E-state index in [4.69, 9.17) is 0 Å². The smallest absolute Gasteiger partial charge is 0.142 e. The molecule has 2 heteroatoms. The number of fused-ring (bicyclic) bond motifs is 1. The fourth-order valence-corrected chi connectivity index (χ4v) is 6.61. The van der Waals surface area contributed by atoms with E-state index in [0.29, 0.717) is 11.3 Å². The minimum Gasteiger partial charge on any atom is -0.299 e. The summed E-state index contributed by atoms with van der Waals surface area (Å²) in [6, 6.07) is 6.07. The van der Waals surface area contributed by atoms with Gasteiger partial charge in [-0.3, -0.25) is 9.78 Å². The predicted octanol–water partition coefficient (Wildman–Crippen LogP) is 8.99. The molecule has 2 aliphatic carbocycles. The number of aryl methyl sites for hydroxylation is 1. The molecule has 2 nitrogen and oxygen atoms in total. The fourth-order valence-electron chi connectivity index (χ4n) is 6.61. The van der Waals surface area contributed by atoms with Crippen LogP contribution < -0.4 is 0 Å². The summed E-state index contributed by atoms with van der Waals surface area (Å²) in [6.45, 7) is 14.4. The van der Waals surface area contributed by atoms with Crippen LogP contribution in [0.1, 0.15) is 118 Å². The van der Waals surface area contributed by atoms with Gasteiger partial charge in [0.05, 0.1) is 0 Å². The third kappa shape index (κ3) is 7.27. The molecule has 0 bridgehead atoms. The molecule has 33 heavy (non-hydrogen) atoms. The molecular formula is C31H51NO. The number of carbonyl (C=O) groups is 1. The van der Waals surface area contributed by atoms with Crippen molar-refractivity contribution in [1.82, 2.24) is 4.98 Å². The van der Waals surface area contributed by atoms with Gasteiger partial charge in [0.15, 0.2) is 0 Å². The van der Waals surface area contributed by atoms with Gasteiger partial charge in [0.2, 0.25) is 0 Å². The van der Waals surface area contributed by atoms with E-state index in [1.54, 1.807) is 0 Å². The van der Waals surface area contributed by atoms with Crippen LogP contribution in [-0.4, -0.2) is 11.3 Å². The Morgan fingerprint density at radius 1 is 1.03 bits per heavy atom. The van der Waals surface area contributed by atoms with Crippen LogP contribution in [0.3, 0.4) is 0 Å². The number of unbranched alkanes of at least 4 members (excludes halogenated alkanes) is 1. The van der Waals surface area contributed by atoms with E-state index in [0.717, 1.165) is 31.0 Å². The zero-order chi connectivity index (χ0) is 24.3. The number of allylic oxidation sites excluding steroid dienone is 2.